The lowest BCUT2D eigenvalue weighted by atomic mass is 9.85. The van der Waals surface area contributed by atoms with Gasteiger partial charge < -0.3 is 0 Å². The van der Waals surface area contributed by atoms with Gasteiger partial charge in [0.05, 0.1) is 34.3 Å². The van der Waals surface area contributed by atoms with E-state index in [-0.39, 0.29) is 5.39 Å². The predicted molar refractivity (Wildman–Crippen MR) is 173 cm³/mol. The van der Waals surface area contributed by atoms with E-state index in [9.17, 15) is 13.7 Å². The Kier molecular flexibility index (Phi) is 2.05. The molecule has 0 saturated carbocycles. The highest BCUT2D eigenvalue weighted by Crippen LogP contribution is 2.44. The van der Waals surface area contributed by atoms with Crippen molar-refractivity contribution in [1.82, 2.24) is 0 Å². The molecule has 0 aromatic heterocycles. The summed E-state index contributed by atoms with van der Waals surface area (Å²) in [7, 11) is 0. The summed E-state index contributed by atoms with van der Waals surface area (Å²) in [5.74, 6) is 0. The lowest BCUT2D eigenvalue weighted by Gasteiger charge is -2.18. The van der Waals surface area contributed by atoms with Crippen molar-refractivity contribution in [3.8, 4) is 33.4 Å². The molecule has 0 nitrogen and oxygen atoms in total. The van der Waals surface area contributed by atoms with Crippen molar-refractivity contribution < 1.29 is 34.3 Å². The van der Waals surface area contributed by atoms with Gasteiger partial charge in [-0.3, -0.25) is 0 Å². The Hall–Kier alpha value is -5.20. The highest BCUT2D eigenvalue weighted by molar-refractivity contribution is 6.21. The molecule has 0 atom stereocenters. The molecule has 0 heterocycles. The average Bonchev–Trinajstić information content (AvgIpc) is 3.26. The van der Waals surface area contributed by atoms with Crippen LogP contribution in [0.25, 0.3) is 76.5 Å². The fourth-order valence-electron chi connectivity index (χ4n) is 4.55. The van der Waals surface area contributed by atoms with E-state index in [1.165, 1.54) is 0 Å². The van der Waals surface area contributed by atoms with Crippen molar-refractivity contribution in [3.63, 3.8) is 0 Å². The van der Waals surface area contributed by atoms with Gasteiger partial charge in [0, 0.05) is 0 Å². The maximum absolute atomic E-state index is 9.41. The van der Waals surface area contributed by atoms with E-state index in [4.69, 9.17) is 20.6 Å². The van der Waals surface area contributed by atoms with Gasteiger partial charge in [0.1, 0.15) is 0 Å². The fourth-order valence-corrected chi connectivity index (χ4v) is 4.55. The second-order valence-corrected chi connectivity index (χ2v) is 8.58. The van der Waals surface area contributed by atoms with Crippen LogP contribution in [0.4, 0.5) is 0 Å². The van der Waals surface area contributed by atoms with E-state index in [0.29, 0.717) is 0 Å². The summed E-state index contributed by atoms with van der Waals surface area (Å²) in [6.45, 7) is 0. The van der Waals surface area contributed by atoms with Crippen LogP contribution in [0.5, 0.6) is 0 Å². The van der Waals surface area contributed by atoms with Crippen LogP contribution >= 0.6 is 0 Å². The van der Waals surface area contributed by atoms with Crippen molar-refractivity contribution in [2.75, 3.05) is 0 Å². The molecule has 40 heavy (non-hydrogen) atoms. The van der Waals surface area contributed by atoms with E-state index in [1.54, 1.807) is 0 Å². The molecule has 0 fully saturated rings. The molecule has 8 rings (SSSR count). The second kappa shape index (κ2) is 9.22. The lowest BCUT2D eigenvalue weighted by Crippen LogP contribution is -1.91. The molecule has 8 aromatic rings. The van der Waals surface area contributed by atoms with Crippen molar-refractivity contribution in [2.45, 2.75) is 0 Å². The standard InChI is InChI=1S/C40H26/c1-3-11-31-25-33(23-19-27(31)9-1)29-17-21-30(22-18-29)39-35-13-5-7-15-37(35)40(38-16-8-6-14-36(38)39)34-24-20-28-10-2-4-12-32(28)26-34/h1-26H/i1D,2D,3D,4D,5D,6D,7D,8D,10D,11D,12D,13D,14D,15D,16D,17D,18D,19D,20D,21D,22D,23D,24D,25D,26D. The van der Waals surface area contributed by atoms with Crippen molar-refractivity contribution in [1.29, 1.82) is 0 Å². The Balaban J connectivity index is 1.66. The summed E-state index contributed by atoms with van der Waals surface area (Å²) < 4.78 is 222. The Morgan fingerprint density at radius 3 is 1.40 bits per heavy atom. The van der Waals surface area contributed by atoms with Crippen molar-refractivity contribution >= 4 is 43.1 Å². The normalized spacial score (nSPS) is 20.2. The number of fused-ring (bicyclic) bond motifs is 4. The number of rotatable bonds is 3. The third-order valence-electron chi connectivity index (χ3n) is 6.32. The second-order valence-electron chi connectivity index (χ2n) is 8.58. The number of benzene rings is 8. The third-order valence-corrected chi connectivity index (χ3v) is 6.32. The highest BCUT2D eigenvalue weighted by atomic mass is 14.2. The van der Waals surface area contributed by atoms with Crippen molar-refractivity contribution in [2.24, 2.45) is 0 Å². The molecule has 186 valence electrons. The lowest BCUT2D eigenvalue weighted by molar-refractivity contribution is 1.63. The molecule has 0 aliphatic carbocycles. The molecule has 0 amide bonds. The molecule has 0 N–H and O–H groups in total. The van der Waals surface area contributed by atoms with Crippen LogP contribution < -0.4 is 0 Å². The monoisotopic (exact) mass is 531 g/mol. The zero-order valence-corrected chi connectivity index (χ0v) is 20.1. The zero-order chi connectivity index (χ0) is 48.2. The van der Waals surface area contributed by atoms with E-state index in [2.05, 4.69) is 0 Å². The minimum atomic E-state index is -1.03. The molecule has 0 saturated heterocycles. The van der Waals surface area contributed by atoms with Gasteiger partial charge >= 0.3 is 0 Å². The van der Waals surface area contributed by atoms with Crippen LogP contribution in [0.15, 0.2) is 157 Å². The van der Waals surface area contributed by atoms with Crippen LogP contribution in [-0.2, 0) is 0 Å². The minimum Gasteiger partial charge on any atom is -0.0616 e. The van der Waals surface area contributed by atoms with Crippen LogP contribution in [0, 0.1) is 0 Å². The third kappa shape index (κ3) is 3.69. The molecule has 0 unspecified atom stereocenters. The Morgan fingerprint density at radius 2 is 0.725 bits per heavy atom. The molecule has 0 aliphatic heterocycles. The molecule has 8 aromatic carbocycles. The van der Waals surface area contributed by atoms with Crippen LogP contribution in [-0.4, -0.2) is 0 Å². The van der Waals surface area contributed by atoms with Crippen LogP contribution in [0.3, 0.4) is 0 Å². The summed E-state index contributed by atoms with van der Waals surface area (Å²) in [6, 6.07) is -20.7. The maximum atomic E-state index is 9.41. The number of hydrogen-bond donors (Lipinski definition) is 0. The maximum Gasteiger partial charge on any atom is 0.0636 e. The predicted octanol–water partition coefficient (Wildman–Crippen LogP) is 11.3. The van der Waals surface area contributed by atoms with Gasteiger partial charge in [-0.25, -0.2) is 0 Å². The first-order valence-corrected chi connectivity index (χ1v) is 11.8. The highest BCUT2D eigenvalue weighted by Gasteiger charge is 2.16. The molecule has 0 spiro atoms. The summed E-state index contributed by atoms with van der Waals surface area (Å²) in [6.07, 6.45) is 0. The molecular weight excluding hydrogens is 480 g/mol. The van der Waals surface area contributed by atoms with Gasteiger partial charge in [-0.2, -0.15) is 0 Å². The van der Waals surface area contributed by atoms with E-state index in [1.807, 2.05) is 0 Å². The van der Waals surface area contributed by atoms with Gasteiger partial charge in [0.15, 0.2) is 0 Å². The first-order chi connectivity index (χ1) is 30.3. The van der Waals surface area contributed by atoms with Gasteiger partial charge in [-0.05, 0) is 88.6 Å². The topological polar surface area (TPSA) is 0 Å². The first kappa shape index (κ1) is 8.91. The molecular formula is C40H26. The molecule has 0 heteroatoms. The SMILES string of the molecule is [2H]c1cc2c([2H])c([2H])c(-c3c([2H])c([2H])c(-c4c5c([2H])c([2H])c([2H])c([2H])c5c(-c5c([2H])c([2H])c6c([2H])c([2H])c([2H])c([2H])c6c5[2H])c5c([2H])c([2H])c([2H])c([2H])c45)c([2H])c3[2H])c([2H])c2c([2H])c1[2H]. The Labute approximate surface area is 268 Å². The van der Waals surface area contributed by atoms with Crippen LogP contribution in [0.1, 0.15) is 34.3 Å². The largest absolute Gasteiger partial charge is 0.0636 e. The summed E-state index contributed by atoms with van der Waals surface area (Å²) in [4.78, 5) is 0. The Morgan fingerprint density at radius 1 is 0.300 bits per heavy atom. The van der Waals surface area contributed by atoms with Crippen LogP contribution in [0.2, 0.25) is 0 Å². The quantitative estimate of drug-likeness (QED) is 0.199. The van der Waals surface area contributed by atoms with Crippen molar-refractivity contribution in [3.05, 3.63) is 157 Å². The molecule has 0 aliphatic rings. The summed E-state index contributed by atoms with van der Waals surface area (Å²) in [5, 5.41) is -4.57. The minimum absolute atomic E-state index is 0.237. The number of hydrogen-bond acceptors (Lipinski definition) is 0. The first-order valence-electron chi connectivity index (χ1n) is 24.3. The molecule has 0 radical (unpaired) electrons. The van der Waals surface area contributed by atoms with Gasteiger partial charge in [0.2, 0.25) is 0 Å². The van der Waals surface area contributed by atoms with Gasteiger partial charge in [0.25, 0.3) is 0 Å². The van der Waals surface area contributed by atoms with Gasteiger partial charge in [-0.15, -0.1) is 0 Å². The fraction of sp³-hybridized carbons (Fsp3) is 0. The van der Waals surface area contributed by atoms with E-state index in [0.717, 1.165) is 6.07 Å². The van der Waals surface area contributed by atoms with Gasteiger partial charge in [-0.1, -0.05) is 145 Å². The Bertz CT molecular complexity index is 3490. The van der Waals surface area contributed by atoms with E-state index >= 15 is 0 Å². The summed E-state index contributed by atoms with van der Waals surface area (Å²) in [5.41, 5.74) is -4.35. The zero-order valence-electron chi connectivity index (χ0n) is 45.1. The molecule has 0 bridgehead atoms. The summed E-state index contributed by atoms with van der Waals surface area (Å²) >= 11 is 0. The van der Waals surface area contributed by atoms with E-state index < -0.39 is 222 Å². The average molecular weight is 532 g/mol. The smallest absolute Gasteiger partial charge is 0.0616 e.